The van der Waals surface area contributed by atoms with Crippen LogP contribution in [0.1, 0.15) is 25.0 Å². The topological polar surface area (TPSA) is 87.2 Å². The average molecular weight is 503 g/mol. The van der Waals surface area contributed by atoms with Crippen molar-refractivity contribution in [3.8, 4) is 5.75 Å². The molecule has 1 aliphatic rings. The molecule has 180 valence electrons. The lowest BCUT2D eigenvalue weighted by atomic mass is 10.1. The fraction of sp³-hybridized carbons (Fsp3) is 0.409. The second-order valence-electron chi connectivity index (χ2n) is 8.19. The Hall–Kier alpha value is -2.27. The predicted octanol–water partition coefficient (Wildman–Crippen LogP) is 3.51. The van der Waals surface area contributed by atoms with E-state index in [-0.39, 0.29) is 40.9 Å². The zero-order chi connectivity index (χ0) is 24.3. The van der Waals surface area contributed by atoms with Gasteiger partial charge < -0.3 is 9.64 Å². The number of carbonyl (C=O) groups is 1. The van der Waals surface area contributed by atoms with E-state index in [1.807, 2.05) is 13.8 Å². The van der Waals surface area contributed by atoms with Crippen LogP contribution in [0.4, 0.5) is 8.78 Å². The van der Waals surface area contributed by atoms with E-state index in [1.165, 1.54) is 30.3 Å². The van der Waals surface area contributed by atoms with Crippen molar-refractivity contribution in [3.63, 3.8) is 0 Å². The van der Waals surface area contributed by atoms with Crippen LogP contribution in [-0.2, 0) is 27.2 Å². The molecule has 2 atom stereocenters. The molecule has 3 rings (SSSR count). The Bertz CT molecular complexity index is 1130. The molecule has 0 bridgehead atoms. The van der Waals surface area contributed by atoms with Gasteiger partial charge in [-0.3, -0.25) is 14.2 Å². The van der Waals surface area contributed by atoms with Crippen LogP contribution in [0.3, 0.4) is 0 Å². The SMILES string of the molecule is C[C@@H]1CN(Cc2ccc(F)c(F)c2)[C@@H](C)CN1C(=O)COc1ccc(Cl)cc1CS(=O)(=O)O. The number of halogens is 3. The van der Waals surface area contributed by atoms with Gasteiger partial charge in [0.05, 0.1) is 0 Å². The Morgan fingerprint density at radius 3 is 2.52 bits per heavy atom. The average Bonchev–Trinajstić information content (AvgIpc) is 2.71. The van der Waals surface area contributed by atoms with E-state index in [4.69, 9.17) is 20.9 Å². The van der Waals surface area contributed by atoms with Gasteiger partial charge in [0.15, 0.2) is 18.2 Å². The molecule has 2 aromatic carbocycles. The first-order valence-electron chi connectivity index (χ1n) is 10.3. The van der Waals surface area contributed by atoms with Gasteiger partial charge in [0.2, 0.25) is 0 Å². The second-order valence-corrected chi connectivity index (χ2v) is 10.1. The van der Waals surface area contributed by atoms with Crippen LogP contribution < -0.4 is 4.74 Å². The second kappa shape index (κ2) is 10.3. The van der Waals surface area contributed by atoms with Crippen LogP contribution in [0.2, 0.25) is 5.02 Å². The summed E-state index contributed by atoms with van der Waals surface area (Å²) in [6, 6.07) is 7.92. The van der Waals surface area contributed by atoms with Crippen molar-refractivity contribution < 1.29 is 31.3 Å². The summed E-state index contributed by atoms with van der Waals surface area (Å²) >= 11 is 5.90. The van der Waals surface area contributed by atoms with Crippen molar-refractivity contribution in [1.29, 1.82) is 0 Å². The summed E-state index contributed by atoms with van der Waals surface area (Å²) in [5, 5.41) is 0.270. The largest absolute Gasteiger partial charge is 0.483 e. The molecule has 0 unspecified atom stereocenters. The predicted molar refractivity (Wildman–Crippen MR) is 120 cm³/mol. The number of hydrogen-bond donors (Lipinski definition) is 1. The number of rotatable bonds is 7. The molecule has 0 spiro atoms. The van der Waals surface area contributed by atoms with E-state index < -0.39 is 27.5 Å². The van der Waals surface area contributed by atoms with E-state index in [0.717, 1.165) is 6.07 Å². The molecular formula is C22H25ClF2N2O5S. The molecule has 0 aliphatic carbocycles. The van der Waals surface area contributed by atoms with Crippen LogP contribution in [0.25, 0.3) is 0 Å². The molecular weight excluding hydrogens is 478 g/mol. The number of ether oxygens (including phenoxy) is 1. The van der Waals surface area contributed by atoms with Crippen molar-refractivity contribution in [1.82, 2.24) is 9.80 Å². The normalized spacial score (nSPS) is 19.5. The van der Waals surface area contributed by atoms with Crippen LogP contribution in [0.15, 0.2) is 36.4 Å². The fourth-order valence-electron chi connectivity index (χ4n) is 3.86. The third kappa shape index (κ3) is 6.86. The highest BCUT2D eigenvalue weighted by atomic mass is 35.5. The molecule has 33 heavy (non-hydrogen) atoms. The molecule has 2 aromatic rings. The Morgan fingerprint density at radius 2 is 1.85 bits per heavy atom. The van der Waals surface area contributed by atoms with Crippen molar-refractivity contribution in [2.24, 2.45) is 0 Å². The smallest absolute Gasteiger partial charge is 0.269 e. The van der Waals surface area contributed by atoms with Gasteiger partial charge in [-0.1, -0.05) is 17.7 Å². The van der Waals surface area contributed by atoms with Crippen LogP contribution >= 0.6 is 11.6 Å². The highest BCUT2D eigenvalue weighted by Crippen LogP contribution is 2.25. The zero-order valence-corrected chi connectivity index (χ0v) is 19.7. The minimum atomic E-state index is -4.31. The first kappa shape index (κ1) is 25.4. The monoisotopic (exact) mass is 502 g/mol. The summed E-state index contributed by atoms with van der Waals surface area (Å²) in [5.74, 6) is -2.61. The molecule has 7 nitrogen and oxygen atoms in total. The number of piperazine rings is 1. The van der Waals surface area contributed by atoms with Crippen LogP contribution in [0.5, 0.6) is 5.75 Å². The lowest BCUT2D eigenvalue weighted by molar-refractivity contribution is -0.139. The van der Waals surface area contributed by atoms with E-state index >= 15 is 0 Å². The van der Waals surface area contributed by atoms with E-state index in [9.17, 15) is 22.0 Å². The minimum Gasteiger partial charge on any atom is -0.483 e. The summed E-state index contributed by atoms with van der Waals surface area (Å²) in [7, 11) is -4.31. The number of carbonyl (C=O) groups excluding carboxylic acids is 1. The first-order chi connectivity index (χ1) is 15.4. The zero-order valence-electron chi connectivity index (χ0n) is 18.2. The number of hydrogen-bond acceptors (Lipinski definition) is 5. The van der Waals surface area contributed by atoms with Gasteiger partial charge in [0.25, 0.3) is 16.0 Å². The minimum absolute atomic E-state index is 0.0381. The standard InChI is InChI=1S/C22H25ClF2N2O5S/c1-14-10-27(15(2)9-26(14)11-16-3-5-19(24)20(25)7-16)22(28)12-32-21-6-4-18(23)8-17(21)13-33(29,30)31/h3-8,14-15H,9-13H2,1-2H3,(H,29,30,31)/t14-,15+/m0/s1. The quantitative estimate of drug-likeness (QED) is 0.583. The van der Waals surface area contributed by atoms with Gasteiger partial charge >= 0.3 is 0 Å². The fourth-order valence-corrected chi connectivity index (χ4v) is 4.67. The number of benzene rings is 2. The highest BCUT2D eigenvalue weighted by molar-refractivity contribution is 7.85. The molecule has 0 aromatic heterocycles. The Labute approximate surface area is 196 Å². The molecule has 1 saturated heterocycles. The third-order valence-electron chi connectivity index (χ3n) is 5.52. The van der Waals surface area contributed by atoms with Crippen LogP contribution in [0, 0.1) is 11.6 Å². The molecule has 1 aliphatic heterocycles. The summed E-state index contributed by atoms with van der Waals surface area (Å²) in [6.45, 7) is 4.86. The maximum Gasteiger partial charge on any atom is 0.269 e. The van der Waals surface area contributed by atoms with Gasteiger partial charge in [0, 0.05) is 42.3 Å². The van der Waals surface area contributed by atoms with Gasteiger partial charge in [-0.05, 0) is 49.7 Å². The number of nitrogens with zero attached hydrogens (tertiary/aromatic N) is 2. The Morgan fingerprint density at radius 1 is 1.12 bits per heavy atom. The Balaban J connectivity index is 1.62. The van der Waals surface area contributed by atoms with E-state index in [1.54, 1.807) is 4.90 Å². The Kier molecular flexibility index (Phi) is 7.94. The summed E-state index contributed by atoms with van der Waals surface area (Å²) in [4.78, 5) is 16.6. The van der Waals surface area contributed by atoms with E-state index in [2.05, 4.69) is 4.90 Å². The van der Waals surface area contributed by atoms with Gasteiger partial charge in [-0.15, -0.1) is 0 Å². The number of amides is 1. The molecule has 1 heterocycles. The molecule has 0 radical (unpaired) electrons. The molecule has 1 N–H and O–H groups in total. The van der Waals surface area contributed by atoms with Crippen molar-refractivity contribution in [3.05, 3.63) is 64.2 Å². The first-order valence-corrected chi connectivity index (χ1v) is 12.3. The molecule has 1 fully saturated rings. The molecule has 11 heteroatoms. The lowest BCUT2D eigenvalue weighted by Gasteiger charge is -2.44. The van der Waals surface area contributed by atoms with Crippen molar-refractivity contribution >= 4 is 27.6 Å². The van der Waals surface area contributed by atoms with Crippen molar-refractivity contribution in [2.75, 3.05) is 19.7 Å². The van der Waals surface area contributed by atoms with Crippen LogP contribution in [-0.4, -0.2) is 60.5 Å². The van der Waals surface area contributed by atoms with Crippen molar-refractivity contribution in [2.45, 2.75) is 38.2 Å². The van der Waals surface area contributed by atoms with Gasteiger partial charge in [0.1, 0.15) is 11.5 Å². The maximum absolute atomic E-state index is 13.5. The summed E-state index contributed by atoms with van der Waals surface area (Å²) in [5.41, 5.74) is 0.792. The maximum atomic E-state index is 13.5. The molecule has 1 amide bonds. The summed E-state index contributed by atoms with van der Waals surface area (Å²) < 4.78 is 63.9. The third-order valence-corrected chi connectivity index (χ3v) is 6.43. The van der Waals surface area contributed by atoms with Gasteiger partial charge in [-0.2, -0.15) is 8.42 Å². The van der Waals surface area contributed by atoms with E-state index in [0.29, 0.717) is 25.2 Å². The van der Waals surface area contributed by atoms with Gasteiger partial charge in [-0.25, -0.2) is 8.78 Å². The summed E-state index contributed by atoms with van der Waals surface area (Å²) in [6.07, 6.45) is 0. The highest BCUT2D eigenvalue weighted by Gasteiger charge is 2.32. The lowest BCUT2D eigenvalue weighted by Crippen LogP contribution is -2.58. The molecule has 0 saturated carbocycles.